The molecule has 0 saturated carbocycles. The lowest BCUT2D eigenvalue weighted by Crippen LogP contribution is -2.48. The summed E-state index contributed by atoms with van der Waals surface area (Å²) in [6.45, 7) is 7.96. The first-order chi connectivity index (χ1) is 18.1. The van der Waals surface area contributed by atoms with Crippen molar-refractivity contribution in [2.24, 2.45) is 4.99 Å². The van der Waals surface area contributed by atoms with Crippen molar-refractivity contribution < 1.29 is 19.1 Å². The average Bonchev–Trinajstić information content (AvgIpc) is 3.18. The molecular weight excluding hydrogens is 508 g/mol. The molecule has 3 unspecified atom stereocenters. The number of carbonyl (C=O) groups is 2. The number of carbonyl (C=O) groups excluding carboxylic acids is 2. The van der Waals surface area contributed by atoms with Crippen LogP contribution in [0.2, 0.25) is 5.02 Å². The molecule has 4 rings (SSSR count). The van der Waals surface area contributed by atoms with E-state index < -0.39 is 17.7 Å². The zero-order valence-electron chi connectivity index (χ0n) is 22.3. The average molecular weight is 543 g/mol. The van der Waals surface area contributed by atoms with Crippen LogP contribution in [0.5, 0.6) is 5.75 Å². The lowest BCUT2D eigenvalue weighted by Gasteiger charge is -2.31. The first kappa shape index (κ1) is 27.7. The molecule has 2 aromatic rings. The highest BCUT2D eigenvalue weighted by Crippen LogP contribution is 2.36. The number of hydrogen-bond donors (Lipinski definition) is 4. The number of halogens is 1. The number of hydrogen-bond acceptors (Lipinski definition) is 8. The highest BCUT2D eigenvalue weighted by molar-refractivity contribution is 6.30. The van der Waals surface area contributed by atoms with Crippen molar-refractivity contribution in [1.29, 1.82) is 0 Å². The Hall–Kier alpha value is -3.34. The first-order valence-corrected chi connectivity index (χ1v) is 13.0. The van der Waals surface area contributed by atoms with Gasteiger partial charge in [-0.25, -0.2) is 15.6 Å². The summed E-state index contributed by atoms with van der Waals surface area (Å²) >= 11 is 6.16. The smallest absolute Gasteiger partial charge is 0.407 e. The summed E-state index contributed by atoms with van der Waals surface area (Å²) in [6, 6.07) is 13.0. The van der Waals surface area contributed by atoms with E-state index in [1.165, 1.54) is 0 Å². The molecule has 0 aromatic heterocycles. The van der Waals surface area contributed by atoms with Crippen LogP contribution in [0.3, 0.4) is 0 Å². The summed E-state index contributed by atoms with van der Waals surface area (Å²) < 4.78 is 10.8. The Labute approximate surface area is 228 Å². The number of anilines is 1. The number of alkyl carbamates (subject to hydrolysis) is 1. The molecule has 2 heterocycles. The van der Waals surface area contributed by atoms with Gasteiger partial charge in [-0.2, -0.15) is 0 Å². The SMILES string of the molecule is COc1ccc2c(c1)C(c1ccc(Cl)cc1)=NC(CC(=O)NCCNC(=O)OC(C)(C)C)C1NNC(C)N21. The normalized spacial score (nSPS) is 20.5. The number of hydrazine groups is 1. The maximum atomic E-state index is 13.0. The van der Waals surface area contributed by atoms with Crippen LogP contribution in [-0.2, 0) is 9.53 Å². The monoisotopic (exact) mass is 542 g/mol. The minimum atomic E-state index is -0.584. The molecule has 204 valence electrons. The summed E-state index contributed by atoms with van der Waals surface area (Å²) in [5.41, 5.74) is 9.52. The van der Waals surface area contributed by atoms with Crippen LogP contribution in [0.25, 0.3) is 0 Å². The predicted octanol–water partition coefficient (Wildman–Crippen LogP) is 3.19. The van der Waals surface area contributed by atoms with Gasteiger partial charge in [-0.05, 0) is 58.0 Å². The van der Waals surface area contributed by atoms with E-state index in [1.54, 1.807) is 27.9 Å². The first-order valence-electron chi connectivity index (χ1n) is 12.6. The molecule has 0 spiro atoms. The van der Waals surface area contributed by atoms with E-state index in [9.17, 15) is 9.59 Å². The van der Waals surface area contributed by atoms with Crippen LogP contribution in [0.1, 0.15) is 45.2 Å². The largest absolute Gasteiger partial charge is 0.497 e. The van der Waals surface area contributed by atoms with E-state index in [-0.39, 0.29) is 37.7 Å². The van der Waals surface area contributed by atoms with Crippen molar-refractivity contribution in [3.63, 3.8) is 0 Å². The molecule has 0 bridgehead atoms. The zero-order valence-corrected chi connectivity index (χ0v) is 23.1. The Morgan fingerprint density at radius 2 is 1.79 bits per heavy atom. The van der Waals surface area contributed by atoms with E-state index in [0.29, 0.717) is 10.8 Å². The van der Waals surface area contributed by atoms with Gasteiger partial charge >= 0.3 is 6.09 Å². The van der Waals surface area contributed by atoms with Crippen molar-refractivity contribution in [2.45, 2.75) is 58.1 Å². The number of methoxy groups -OCH3 is 1. The van der Waals surface area contributed by atoms with Crippen LogP contribution in [0.15, 0.2) is 47.5 Å². The van der Waals surface area contributed by atoms with Gasteiger partial charge < -0.3 is 25.0 Å². The molecular formula is C27H35ClN6O4. The topological polar surface area (TPSA) is 116 Å². The van der Waals surface area contributed by atoms with Crippen molar-refractivity contribution in [2.75, 3.05) is 25.1 Å². The Balaban J connectivity index is 1.57. The molecule has 2 amide bonds. The Kier molecular flexibility index (Phi) is 8.44. The van der Waals surface area contributed by atoms with Crippen LogP contribution in [-0.4, -0.2) is 61.9 Å². The molecule has 10 nitrogen and oxygen atoms in total. The Morgan fingerprint density at radius 1 is 1.08 bits per heavy atom. The van der Waals surface area contributed by atoms with E-state index >= 15 is 0 Å². The van der Waals surface area contributed by atoms with Gasteiger partial charge in [0.25, 0.3) is 0 Å². The summed E-state index contributed by atoms with van der Waals surface area (Å²) in [5, 5.41) is 6.16. The van der Waals surface area contributed by atoms with Crippen LogP contribution in [0, 0.1) is 0 Å². The molecule has 1 fully saturated rings. The number of rotatable bonds is 7. The van der Waals surface area contributed by atoms with Crippen molar-refractivity contribution in [3.8, 4) is 5.75 Å². The molecule has 2 aliphatic rings. The van der Waals surface area contributed by atoms with Crippen molar-refractivity contribution >= 4 is 35.0 Å². The van der Waals surface area contributed by atoms with E-state index in [2.05, 4.69) is 26.4 Å². The standard InChI is InChI=1S/C27H35ClN6O4/c1-16-32-33-25-21(15-23(35)29-12-13-30-26(36)38-27(2,3)4)31-24(17-6-8-18(28)9-7-17)20-14-19(37-5)10-11-22(20)34(16)25/h6-11,14,16,21,25,32-33H,12-13,15H2,1-5H3,(H,29,35)(H,30,36). The molecule has 1 saturated heterocycles. The van der Waals surface area contributed by atoms with Gasteiger partial charge in [-0.1, -0.05) is 23.7 Å². The molecule has 38 heavy (non-hydrogen) atoms. The number of fused-ring (bicyclic) bond motifs is 3. The molecule has 3 atom stereocenters. The van der Waals surface area contributed by atoms with Gasteiger partial charge in [0.2, 0.25) is 5.91 Å². The molecule has 4 N–H and O–H groups in total. The van der Waals surface area contributed by atoms with Crippen molar-refractivity contribution in [1.82, 2.24) is 21.5 Å². The molecule has 11 heteroatoms. The lowest BCUT2D eigenvalue weighted by molar-refractivity contribution is -0.121. The number of aliphatic imine (C=N–C) groups is 1. The fraction of sp³-hybridized carbons (Fsp3) is 0.444. The fourth-order valence-electron chi connectivity index (χ4n) is 4.53. The second-order valence-corrected chi connectivity index (χ2v) is 10.7. The van der Waals surface area contributed by atoms with E-state index in [4.69, 9.17) is 26.1 Å². The van der Waals surface area contributed by atoms with Gasteiger partial charge in [-0.15, -0.1) is 0 Å². The predicted molar refractivity (Wildman–Crippen MR) is 148 cm³/mol. The highest BCUT2D eigenvalue weighted by atomic mass is 35.5. The second-order valence-electron chi connectivity index (χ2n) is 10.2. The maximum Gasteiger partial charge on any atom is 0.407 e. The number of benzene rings is 2. The van der Waals surface area contributed by atoms with Crippen LogP contribution in [0.4, 0.5) is 10.5 Å². The number of nitrogens with one attached hydrogen (secondary N) is 4. The number of amides is 2. The van der Waals surface area contributed by atoms with Gasteiger partial charge in [0.1, 0.15) is 17.5 Å². The third-order valence-corrected chi connectivity index (χ3v) is 6.43. The Morgan fingerprint density at radius 3 is 2.47 bits per heavy atom. The fourth-order valence-corrected chi connectivity index (χ4v) is 4.65. The lowest BCUT2D eigenvalue weighted by atomic mass is 9.99. The minimum absolute atomic E-state index is 0.0458. The summed E-state index contributed by atoms with van der Waals surface area (Å²) in [6.07, 6.45) is -0.702. The highest BCUT2D eigenvalue weighted by Gasteiger charge is 2.40. The van der Waals surface area contributed by atoms with Gasteiger partial charge in [0.05, 0.1) is 31.4 Å². The minimum Gasteiger partial charge on any atom is -0.497 e. The quantitative estimate of drug-likeness (QED) is 0.397. The molecule has 0 radical (unpaired) electrons. The summed E-state index contributed by atoms with van der Waals surface area (Å²) in [5.74, 6) is 0.536. The third kappa shape index (κ3) is 6.56. The van der Waals surface area contributed by atoms with Gasteiger partial charge in [0, 0.05) is 34.9 Å². The van der Waals surface area contributed by atoms with Crippen LogP contribution >= 0.6 is 11.6 Å². The molecule has 0 aliphatic carbocycles. The molecule has 2 aliphatic heterocycles. The number of nitrogens with zero attached hydrogens (tertiary/aromatic N) is 2. The number of ether oxygens (including phenoxy) is 2. The van der Waals surface area contributed by atoms with Crippen molar-refractivity contribution in [3.05, 3.63) is 58.6 Å². The third-order valence-electron chi connectivity index (χ3n) is 6.18. The summed E-state index contributed by atoms with van der Waals surface area (Å²) in [4.78, 5) is 32.2. The van der Waals surface area contributed by atoms with Gasteiger partial charge in [-0.3, -0.25) is 9.79 Å². The maximum absolute atomic E-state index is 13.0. The second kappa shape index (κ2) is 11.6. The molecule has 2 aromatic carbocycles. The van der Waals surface area contributed by atoms with Gasteiger partial charge in [0.15, 0.2) is 0 Å². The van der Waals surface area contributed by atoms with E-state index in [0.717, 1.165) is 22.5 Å². The Bertz CT molecular complexity index is 1200. The zero-order chi connectivity index (χ0) is 27.4. The summed E-state index contributed by atoms with van der Waals surface area (Å²) in [7, 11) is 1.63. The van der Waals surface area contributed by atoms with E-state index in [1.807, 2.05) is 49.4 Å². The van der Waals surface area contributed by atoms with Crippen LogP contribution < -0.4 is 31.1 Å².